The maximum Gasteiger partial charge on any atom is 0.00355 e. The molecule has 1 rings (SSSR count). The fourth-order valence-corrected chi connectivity index (χ4v) is 1.73. The Labute approximate surface area is 77.1 Å². The van der Waals surface area contributed by atoms with Gasteiger partial charge >= 0.3 is 0 Å². The van der Waals surface area contributed by atoms with Crippen molar-refractivity contribution in [3.8, 4) is 0 Å². The Morgan fingerprint density at radius 1 is 1.33 bits per heavy atom. The number of hydrogen-bond acceptors (Lipinski definition) is 1. The van der Waals surface area contributed by atoms with Gasteiger partial charge in [-0.25, -0.2) is 0 Å². The zero-order valence-electron chi connectivity index (χ0n) is 9.06. The molecule has 0 amide bonds. The highest BCUT2D eigenvalue weighted by atomic mass is 15.1. The van der Waals surface area contributed by atoms with Crippen molar-refractivity contribution < 1.29 is 0 Å². The van der Waals surface area contributed by atoms with Crippen LogP contribution in [0.3, 0.4) is 0 Å². The number of hydrogen-bond donors (Lipinski definition) is 0. The standard InChI is InChI=1S/C11H23N/c1-10(2)12(4)9-8-11(3)6-5-7-11/h10H,5-9H2,1-4H3. The molecule has 0 radical (unpaired) electrons. The summed E-state index contributed by atoms with van der Waals surface area (Å²) in [4.78, 5) is 2.45. The van der Waals surface area contributed by atoms with Crippen LogP contribution in [0.4, 0.5) is 0 Å². The van der Waals surface area contributed by atoms with Crippen LogP contribution in [-0.4, -0.2) is 24.5 Å². The molecule has 0 unspecified atom stereocenters. The fraction of sp³-hybridized carbons (Fsp3) is 1.00. The van der Waals surface area contributed by atoms with Gasteiger partial charge in [-0.05, 0) is 52.1 Å². The van der Waals surface area contributed by atoms with Gasteiger partial charge in [-0.15, -0.1) is 0 Å². The summed E-state index contributed by atoms with van der Waals surface area (Å²) < 4.78 is 0. The van der Waals surface area contributed by atoms with E-state index < -0.39 is 0 Å². The van der Waals surface area contributed by atoms with E-state index in [0.717, 1.165) is 0 Å². The van der Waals surface area contributed by atoms with E-state index in [0.29, 0.717) is 11.5 Å². The van der Waals surface area contributed by atoms with Gasteiger partial charge in [-0.2, -0.15) is 0 Å². The molecule has 0 heterocycles. The van der Waals surface area contributed by atoms with Gasteiger partial charge in [0.05, 0.1) is 0 Å². The normalized spacial score (nSPS) is 21.5. The second-order valence-electron chi connectivity index (χ2n) is 4.99. The molecule has 1 nitrogen and oxygen atoms in total. The summed E-state index contributed by atoms with van der Waals surface area (Å²) >= 11 is 0. The van der Waals surface area contributed by atoms with Crippen LogP contribution in [-0.2, 0) is 0 Å². The quantitative estimate of drug-likeness (QED) is 0.625. The molecule has 0 aromatic carbocycles. The van der Waals surface area contributed by atoms with Crippen LogP contribution >= 0.6 is 0 Å². The Hall–Kier alpha value is -0.0400. The summed E-state index contributed by atoms with van der Waals surface area (Å²) in [6.45, 7) is 8.24. The molecule has 0 spiro atoms. The molecule has 72 valence electrons. The maximum atomic E-state index is 2.45. The van der Waals surface area contributed by atoms with Crippen LogP contribution in [0, 0.1) is 5.41 Å². The molecule has 0 saturated heterocycles. The zero-order valence-corrected chi connectivity index (χ0v) is 9.06. The average Bonchev–Trinajstić information content (AvgIpc) is 1.96. The lowest BCUT2D eigenvalue weighted by atomic mass is 9.68. The predicted octanol–water partition coefficient (Wildman–Crippen LogP) is 2.91. The average molecular weight is 169 g/mol. The molecule has 0 atom stereocenters. The lowest BCUT2D eigenvalue weighted by Gasteiger charge is -2.40. The van der Waals surface area contributed by atoms with Crippen molar-refractivity contribution in [1.29, 1.82) is 0 Å². The summed E-state index contributed by atoms with van der Waals surface area (Å²) in [6.07, 6.45) is 5.77. The van der Waals surface area contributed by atoms with E-state index in [1.807, 2.05) is 0 Å². The maximum absolute atomic E-state index is 2.45. The van der Waals surface area contributed by atoms with Crippen LogP contribution in [0.25, 0.3) is 0 Å². The lowest BCUT2D eigenvalue weighted by Crippen LogP contribution is -2.34. The number of nitrogens with zero attached hydrogens (tertiary/aromatic N) is 1. The summed E-state index contributed by atoms with van der Waals surface area (Å²) in [6, 6.07) is 0.702. The first-order chi connectivity index (χ1) is 5.53. The van der Waals surface area contributed by atoms with E-state index in [1.165, 1.54) is 32.2 Å². The zero-order chi connectivity index (χ0) is 9.19. The Balaban J connectivity index is 2.16. The van der Waals surface area contributed by atoms with Crippen molar-refractivity contribution in [2.75, 3.05) is 13.6 Å². The van der Waals surface area contributed by atoms with Crippen molar-refractivity contribution in [3.05, 3.63) is 0 Å². The summed E-state index contributed by atoms with van der Waals surface area (Å²) in [7, 11) is 2.23. The molecule has 0 aliphatic heterocycles. The van der Waals surface area contributed by atoms with E-state index in [-0.39, 0.29) is 0 Å². The third-order valence-corrected chi connectivity index (χ3v) is 3.51. The molecule has 1 saturated carbocycles. The minimum atomic E-state index is 0.698. The van der Waals surface area contributed by atoms with E-state index >= 15 is 0 Å². The molecule has 0 bridgehead atoms. The molecule has 1 aliphatic carbocycles. The van der Waals surface area contributed by atoms with Crippen LogP contribution in [0.2, 0.25) is 0 Å². The smallest absolute Gasteiger partial charge is 0.00355 e. The second kappa shape index (κ2) is 3.78. The highest BCUT2D eigenvalue weighted by molar-refractivity contribution is 4.83. The lowest BCUT2D eigenvalue weighted by molar-refractivity contribution is 0.118. The summed E-state index contributed by atoms with van der Waals surface area (Å²) in [5, 5.41) is 0. The van der Waals surface area contributed by atoms with Gasteiger partial charge in [0.1, 0.15) is 0 Å². The molecule has 1 heteroatoms. The van der Waals surface area contributed by atoms with E-state index in [2.05, 4.69) is 32.7 Å². The first-order valence-electron chi connectivity index (χ1n) is 5.24. The second-order valence-corrected chi connectivity index (χ2v) is 4.99. The van der Waals surface area contributed by atoms with Crippen LogP contribution in [0.1, 0.15) is 46.5 Å². The largest absolute Gasteiger partial charge is 0.304 e. The molecule has 0 N–H and O–H groups in total. The number of rotatable bonds is 4. The Morgan fingerprint density at radius 3 is 2.25 bits per heavy atom. The monoisotopic (exact) mass is 169 g/mol. The van der Waals surface area contributed by atoms with Gasteiger partial charge in [0.25, 0.3) is 0 Å². The first-order valence-corrected chi connectivity index (χ1v) is 5.24. The van der Waals surface area contributed by atoms with E-state index in [4.69, 9.17) is 0 Å². The Morgan fingerprint density at radius 2 is 1.92 bits per heavy atom. The van der Waals surface area contributed by atoms with E-state index in [1.54, 1.807) is 0 Å². The fourth-order valence-electron chi connectivity index (χ4n) is 1.73. The van der Waals surface area contributed by atoms with Gasteiger partial charge in [-0.3, -0.25) is 0 Å². The van der Waals surface area contributed by atoms with Crippen LogP contribution < -0.4 is 0 Å². The van der Waals surface area contributed by atoms with Gasteiger partial charge in [0.15, 0.2) is 0 Å². The van der Waals surface area contributed by atoms with Gasteiger partial charge < -0.3 is 4.90 Å². The minimum absolute atomic E-state index is 0.698. The third kappa shape index (κ3) is 2.48. The Kier molecular flexibility index (Phi) is 3.16. The third-order valence-electron chi connectivity index (χ3n) is 3.51. The molecule has 0 aromatic heterocycles. The van der Waals surface area contributed by atoms with Crippen molar-refractivity contribution in [3.63, 3.8) is 0 Å². The van der Waals surface area contributed by atoms with E-state index in [9.17, 15) is 0 Å². The molecule has 12 heavy (non-hydrogen) atoms. The molecule has 1 fully saturated rings. The summed E-state index contributed by atoms with van der Waals surface area (Å²) in [5.41, 5.74) is 0.698. The summed E-state index contributed by atoms with van der Waals surface area (Å²) in [5.74, 6) is 0. The van der Waals surface area contributed by atoms with Gasteiger partial charge in [0.2, 0.25) is 0 Å². The first kappa shape index (κ1) is 10.0. The minimum Gasteiger partial charge on any atom is -0.304 e. The Bertz CT molecular complexity index is 136. The van der Waals surface area contributed by atoms with Crippen LogP contribution in [0.15, 0.2) is 0 Å². The van der Waals surface area contributed by atoms with Crippen molar-refractivity contribution >= 4 is 0 Å². The highest BCUT2D eigenvalue weighted by Gasteiger charge is 2.31. The molecular formula is C11H23N. The van der Waals surface area contributed by atoms with Gasteiger partial charge in [0, 0.05) is 6.04 Å². The molecule has 1 aliphatic rings. The molecular weight excluding hydrogens is 146 g/mol. The topological polar surface area (TPSA) is 3.24 Å². The van der Waals surface area contributed by atoms with Crippen molar-refractivity contribution in [2.24, 2.45) is 5.41 Å². The predicted molar refractivity (Wildman–Crippen MR) is 54.3 cm³/mol. The van der Waals surface area contributed by atoms with Crippen molar-refractivity contribution in [1.82, 2.24) is 4.90 Å². The highest BCUT2D eigenvalue weighted by Crippen LogP contribution is 2.43. The van der Waals surface area contributed by atoms with Crippen LogP contribution in [0.5, 0.6) is 0 Å². The van der Waals surface area contributed by atoms with Crippen molar-refractivity contribution in [2.45, 2.75) is 52.5 Å². The van der Waals surface area contributed by atoms with Gasteiger partial charge in [-0.1, -0.05) is 13.3 Å². The SMILES string of the molecule is CC(C)N(C)CCC1(C)CCC1. The molecule has 0 aromatic rings.